The van der Waals surface area contributed by atoms with Crippen LogP contribution in [0.4, 0.5) is 0 Å². The summed E-state index contributed by atoms with van der Waals surface area (Å²) in [6.07, 6.45) is 0. The van der Waals surface area contributed by atoms with Gasteiger partial charge in [-0.3, -0.25) is 0 Å². The van der Waals surface area contributed by atoms with Crippen LogP contribution >= 0.6 is 0 Å². The molecule has 0 aliphatic heterocycles. The minimum Gasteiger partial charge on any atom is -0.462 e. The van der Waals surface area contributed by atoms with Gasteiger partial charge in [0.25, 0.3) is 0 Å². The molecule has 0 radical (unpaired) electrons. The van der Waals surface area contributed by atoms with E-state index in [9.17, 15) is 0 Å². The van der Waals surface area contributed by atoms with Gasteiger partial charge in [-0.2, -0.15) is 0 Å². The fraction of sp³-hybridized carbons (Fsp3) is 0.692. The lowest BCUT2D eigenvalue weighted by Gasteiger charge is -2.17. The monoisotopic (exact) mass is 240 g/mol. The van der Waals surface area contributed by atoms with Crippen LogP contribution in [0.15, 0.2) is 10.5 Å². The van der Waals surface area contributed by atoms with Crippen LogP contribution in [0, 0.1) is 6.92 Å². The van der Waals surface area contributed by atoms with Gasteiger partial charge in [-0.05, 0) is 31.6 Å². The average Bonchev–Trinajstić information content (AvgIpc) is 2.70. The van der Waals surface area contributed by atoms with Crippen LogP contribution < -0.4 is 5.73 Å². The third kappa shape index (κ3) is 4.50. The molecule has 0 aliphatic carbocycles. The van der Waals surface area contributed by atoms with Crippen molar-refractivity contribution in [2.24, 2.45) is 5.73 Å². The highest BCUT2D eigenvalue weighted by atomic mass is 16.5. The standard InChI is InChI=1S/C13H24N2O2/c1-4-15(5-2)6-7-16-10-12-8-11(3)13(9-14)17-12/h8H,4-7,9-10,14H2,1-3H3. The van der Waals surface area contributed by atoms with Crippen LogP contribution in [0.5, 0.6) is 0 Å². The van der Waals surface area contributed by atoms with Gasteiger partial charge >= 0.3 is 0 Å². The Balaban J connectivity index is 2.26. The Morgan fingerprint density at radius 1 is 1.35 bits per heavy atom. The number of aryl methyl sites for hydroxylation is 1. The van der Waals surface area contributed by atoms with Crippen LogP contribution in [0.1, 0.15) is 30.9 Å². The van der Waals surface area contributed by atoms with Gasteiger partial charge in [0, 0.05) is 6.54 Å². The fourth-order valence-corrected chi connectivity index (χ4v) is 1.77. The maximum absolute atomic E-state index is 5.59. The zero-order valence-corrected chi connectivity index (χ0v) is 11.2. The molecule has 98 valence electrons. The summed E-state index contributed by atoms with van der Waals surface area (Å²) in [5.41, 5.74) is 6.66. The molecular weight excluding hydrogens is 216 g/mol. The van der Waals surface area contributed by atoms with E-state index in [1.807, 2.05) is 13.0 Å². The lowest BCUT2D eigenvalue weighted by Crippen LogP contribution is -2.26. The second-order valence-electron chi connectivity index (χ2n) is 4.10. The highest BCUT2D eigenvalue weighted by Crippen LogP contribution is 2.14. The van der Waals surface area contributed by atoms with Gasteiger partial charge in [-0.1, -0.05) is 13.8 Å². The molecule has 0 saturated carbocycles. The first-order valence-electron chi connectivity index (χ1n) is 6.29. The van der Waals surface area contributed by atoms with Crippen molar-refractivity contribution < 1.29 is 9.15 Å². The summed E-state index contributed by atoms with van der Waals surface area (Å²) in [5, 5.41) is 0. The SMILES string of the molecule is CCN(CC)CCOCc1cc(C)c(CN)o1. The molecule has 0 aromatic carbocycles. The molecule has 0 aliphatic rings. The third-order valence-electron chi connectivity index (χ3n) is 2.95. The molecule has 4 nitrogen and oxygen atoms in total. The molecule has 0 unspecified atom stereocenters. The summed E-state index contributed by atoms with van der Waals surface area (Å²) >= 11 is 0. The van der Waals surface area contributed by atoms with E-state index in [-0.39, 0.29) is 0 Å². The van der Waals surface area contributed by atoms with E-state index in [1.54, 1.807) is 0 Å². The first-order valence-corrected chi connectivity index (χ1v) is 6.29. The molecule has 0 spiro atoms. The Bertz CT molecular complexity index is 319. The van der Waals surface area contributed by atoms with Crippen molar-refractivity contribution in [1.29, 1.82) is 0 Å². The lowest BCUT2D eigenvalue weighted by molar-refractivity contribution is 0.0837. The molecule has 4 heteroatoms. The Morgan fingerprint density at radius 3 is 2.59 bits per heavy atom. The topological polar surface area (TPSA) is 51.6 Å². The number of nitrogens with zero attached hydrogens (tertiary/aromatic N) is 1. The van der Waals surface area contributed by atoms with E-state index >= 15 is 0 Å². The Labute approximate surface area is 104 Å². The molecule has 17 heavy (non-hydrogen) atoms. The van der Waals surface area contributed by atoms with E-state index in [0.717, 1.165) is 43.3 Å². The normalized spacial score (nSPS) is 11.4. The van der Waals surface area contributed by atoms with Crippen LogP contribution in [-0.2, 0) is 17.9 Å². The number of nitrogens with two attached hydrogens (primary N) is 1. The van der Waals surface area contributed by atoms with E-state index < -0.39 is 0 Å². The third-order valence-corrected chi connectivity index (χ3v) is 2.95. The van der Waals surface area contributed by atoms with Gasteiger partial charge in [0.15, 0.2) is 0 Å². The van der Waals surface area contributed by atoms with Gasteiger partial charge in [0.2, 0.25) is 0 Å². The van der Waals surface area contributed by atoms with Crippen molar-refractivity contribution in [3.63, 3.8) is 0 Å². The number of hydrogen-bond donors (Lipinski definition) is 1. The molecule has 0 bridgehead atoms. The van der Waals surface area contributed by atoms with Crippen LogP contribution in [0.3, 0.4) is 0 Å². The van der Waals surface area contributed by atoms with Crippen molar-refractivity contribution >= 4 is 0 Å². The molecule has 1 heterocycles. The predicted octanol–water partition coefficient (Wildman–Crippen LogP) is 1.91. The zero-order chi connectivity index (χ0) is 12.7. The van der Waals surface area contributed by atoms with Crippen LogP contribution in [-0.4, -0.2) is 31.1 Å². The molecule has 0 fully saturated rings. The van der Waals surface area contributed by atoms with E-state index in [2.05, 4.69) is 18.7 Å². The van der Waals surface area contributed by atoms with Gasteiger partial charge in [0.1, 0.15) is 18.1 Å². The average molecular weight is 240 g/mol. The van der Waals surface area contributed by atoms with Crippen molar-refractivity contribution in [1.82, 2.24) is 4.90 Å². The van der Waals surface area contributed by atoms with Crippen molar-refractivity contribution in [2.45, 2.75) is 33.9 Å². The maximum Gasteiger partial charge on any atom is 0.130 e. The molecule has 1 rings (SSSR count). The molecule has 1 aromatic heterocycles. The molecule has 0 saturated heterocycles. The maximum atomic E-state index is 5.59. The summed E-state index contributed by atoms with van der Waals surface area (Å²) < 4.78 is 11.2. The molecular formula is C13H24N2O2. The summed E-state index contributed by atoms with van der Waals surface area (Å²) in [6.45, 7) is 11.1. The highest BCUT2D eigenvalue weighted by molar-refractivity contribution is 5.19. The van der Waals surface area contributed by atoms with Gasteiger partial charge in [0.05, 0.1) is 13.2 Å². The number of furan rings is 1. The minimum absolute atomic E-state index is 0.450. The van der Waals surface area contributed by atoms with Crippen LogP contribution in [0.2, 0.25) is 0 Å². The Hall–Kier alpha value is -0.840. The first-order chi connectivity index (χ1) is 8.21. The quantitative estimate of drug-likeness (QED) is 0.705. The number of rotatable bonds is 8. The van der Waals surface area contributed by atoms with Gasteiger partial charge in [-0.25, -0.2) is 0 Å². The van der Waals surface area contributed by atoms with E-state index in [0.29, 0.717) is 13.2 Å². The number of ether oxygens (including phenoxy) is 1. The predicted molar refractivity (Wildman–Crippen MR) is 68.8 cm³/mol. The number of likely N-dealkylation sites (N-methyl/N-ethyl adjacent to an activating group) is 1. The zero-order valence-electron chi connectivity index (χ0n) is 11.2. The fourth-order valence-electron chi connectivity index (χ4n) is 1.77. The van der Waals surface area contributed by atoms with Gasteiger partial charge in [-0.15, -0.1) is 0 Å². The van der Waals surface area contributed by atoms with Crippen molar-refractivity contribution in [3.8, 4) is 0 Å². The summed E-state index contributed by atoms with van der Waals surface area (Å²) in [6, 6.07) is 2.00. The summed E-state index contributed by atoms with van der Waals surface area (Å²) in [4.78, 5) is 2.33. The van der Waals surface area contributed by atoms with Gasteiger partial charge < -0.3 is 19.8 Å². The second kappa shape index (κ2) is 7.48. The molecule has 0 amide bonds. The van der Waals surface area contributed by atoms with Crippen molar-refractivity contribution in [3.05, 3.63) is 23.2 Å². The lowest BCUT2D eigenvalue weighted by atomic mass is 10.3. The summed E-state index contributed by atoms with van der Waals surface area (Å²) in [7, 11) is 0. The number of hydrogen-bond acceptors (Lipinski definition) is 4. The highest BCUT2D eigenvalue weighted by Gasteiger charge is 2.06. The largest absolute Gasteiger partial charge is 0.462 e. The van der Waals surface area contributed by atoms with E-state index in [1.165, 1.54) is 0 Å². The van der Waals surface area contributed by atoms with Crippen molar-refractivity contribution in [2.75, 3.05) is 26.2 Å². The smallest absolute Gasteiger partial charge is 0.130 e. The molecule has 0 atom stereocenters. The second-order valence-corrected chi connectivity index (χ2v) is 4.10. The van der Waals surface area contributed by atoms with E-state index in [4.69, 9.17) is 14.9 Å². The Morgan fingerprint density at radius 2 is 2.06 bits per heavy atom. The molecule has 1 aromatic rings. The summed E-state index contributed by atoms with van der Waals surface area (Å²) in [5.74, 6) is 1.72. The minimum atomic E-state index is 0.450. The van der Waals surface area contributed by atoms with Crippen LogP contribution in [0.25, 0.3) is 0 Å². The molecule has 2 N–H and O–H groups in total. The Kier molecular flexibility index (Phi) is 6.26. The first kappa shape index (κ1) is 14.2.